The van der Waals surface area contributed by atoms with Crippen molar-refractivity contribution in [2.45, 2.75) is 91.6 Å². The molecule has 4 nitrogen and oxygen atoms in total. The molecule has 0 spiro atoms. The Balaban J connectivity index is 2.15. The van der Waals surface area contributed by atoms with Crippen molar-refractivity contribution in [3.8, 4) is 0 Å². The van der Waals surface area contributed by atoms with Crippen LogP contribution in [0.5, 0.6) is 0 Å². The summed E-state index contributed by atoms with van der Waals surface area (Å²) in [7, 11) is 0. The zero-order valence-corrected chi connectivity index (χ0v) is 19.1. The average molecular weight is 407 g/mol. The number of carbonyl (C=O) groups is 1. The second-order valence-corrected chi connectivity index (χ2v) is 9.29. The topological polar surface area (TPSA) is 66.8 Å². The third kappa shape index (κ3) is 10.7. The molecule has 0 saturated carbocycles. The van der Waals surface area contributed by atoms with E-state index in [1.165, 1.54) is 0 Å². The minimum atomic E-state index is -0.755. The van der Waals surface area contributed by atoms with E-state index in [0.717, 1.165) is 44.3 Å². The molecule has 0 aromatic heterocycles. The normalized spacial score (nSPS) is 23.4. The number of rotatable bonds is 14. The Kier molecular flexibility index (Phi) is 11.3. The third-order valence-electron chi connectivity index (χ3n) is 6.23. The summed E-state index contributed by atoms with van der Waals surface area (Å²) in [6.07, 6.45) is 17.3. The van der Waals surface area contributed by atoms with Crippen LogP contribution in [0.4, 0.5) is 0 Å². The second-order valence-electron chi connectivity index (χ2n) is 9.29. The Morgan fingerprint density at radius 2 is 1.86 bits per heavy atom. The lowest BCUT2D eigenvalue weighted by molar-refractivity contribution is -0.141. The minimum absolute atomic E-state index is 0.333. The van der Waals surface area contributed by atoms with E-state index in [4.69, 9.17) is 9.84 Å². The fourth-order valence-electron chi connectivity index (χ4n) is 3.64. The molecule has 5 atom stereocenters. The Morgan fingerprint density at radius 3 is 2.52 bits per heavy atom. The first kappa shape index (κ1) is 25.5. The monoisotopic (exact) mass is 406 g/mol. The Morgan fingerprint density at radius 1 is 1.21 bits per heavy atom. The number of carboxylic acid groups (broad SMARTS) is 1. The maximum Gasteiger partial charge on any atom is 0.306 e. The summed E-state index contributed by atoms with van der Waals surface area (Å²) in [5, 5.41) is 19.4. The summed E-state index contributed by atoms with van der Waals surface area (Å²) in [6, 6.07) is 0. The average Bonchev–Trinajstić information content (AvgIpc) is 2.64. The molecular weight excluding hydrogens is 364 g/mol. The molecule has 0 aliphatic heterocycles. The highest BCUT2D eigenvalue weighted by Crippen LogP contribution is 2.27. The van der Waals surface area contributed by atoms with Crippen LogP contribution in [-0.4, -0.2) is 21.8 Å². The lowest BCUT2D eigenvalue weighted by Crippen LogP contribution is -2.24. The standard InChI is InChI=1S/C25H42O4/c1-19(11-6-7-18-29-23-15-8-13-20(2)22(23)4)12-9-16-25(5,28)17-10-14-21(3)24(26)27/h7-8,13,15,18-22,28H,6,9-12,14,16-17H2,1-5H3,(H,26,27). The molecule has 0 amide bonds. The highest BCUT2D eigenvalue weighted by molar-refractivity contribution is 5.69. The lowest BCUT2D eigenvalue weighted by atomic mass is 9.89. The first-order chi connectivity index (χ1) is 13.6. The van der Waals surface area contributed by atoms with E-state index in [0.29, 0.717) is 30.6 Å². The molecular formula is C25H42O4. The lowest BCUT2D eigenvalue weighted by Gasteiger charge is -2.24. The van der Waals surface area contributed by atoms with Crippen LogP contribution in [0, 0.1) is 23.7 Å². The van der Waals surface area contributed by atoms with Crippen molar-refractivity contribution < 1.29 is 19.7 Å². The number of aliphatic hydroxyl groups is 1. The van der Waals surface area contributed by atoms with Crippen molar-refractivity contribution in [3.05, 3.63) is 36.3 Å². The van der Waals surface area contributed by atoms with Crippen molar-refractivity contribution in [2.24, 2.45) is 23.7 Å². The highest BCUT2D eigenvalue weighted by atomic mass is 16.5. The Hall–Kier alpha value is -1.55. The first-order valence-electron chi connectivity index (χ1n) is 11.3. The van der Waals surface area contributed by atoms with Gasteiger partial charge in [-0.25, -0.2) is 0 Å². The van der Waals surface area contributed by atoms with Gasteiger partial charge in [0.15, 0.2) is 0 Å². The molecule has 0 heterocycles. The van der Waals surface area contributed by atoms with Gasteiger partial charge in [-0.1, -0.05) is 52.7 Å². The van der Waals surface area contributed by atoms with Gasteiger partial charge >= 0.3 is 5.97 Å². The van der Waals surface area contributed by atoms with Gasteiger partial charge in [0.05, 0.1) is 17.8 Å². The predicted molar refractivity (Wildman–Crippen MR) is 119 cm³/mol. The molecule has 0 aromatic rings. The number of hydrogen-bond acceptors (Lipinski definition) is 3. The number of allylic oxidation sites excluding steroid dienone is 5. The van der Waals surface area contributed by atoms with Gasteiger partial charge in [0.1, 0.15) is 5.76 Å². The van der Waals surface area contributed by atoms with Crippen LogP contribution in [0.15, 0.2) is 36.3 Å². The summed E-state index contributed by atoms with van der Waals surface area (Å²) < 4.78 is 5.80. The van der Waals surface area contributed by atoms with Crippen molar-refractivity contribution in [1.29, 1.82) is 0 Å². The molecule has 4 heteroatoms. The van der Waals surface area contributed by atoms with Crippen LogP contribution >= 0.6 is 0 Å². The van der Waals surface area contributed by atoms with E-state index in [1.54, 1.807) is 6.92 Å². The third-order valence-corrected chi connectivity index (χ3v) is 6.23. The summed E-state index contributed by atoms with van der Waals surface area (Å²) in [4.78, 5) is 10.9. The Bertz CT molecular complexity index is 573. The minimum Gasteiger partial charge on any atom is -0.481 e. The number of ether oxygens (including phenoxy) is 1. The van der Waals surface area contributed by atoms with Gasteiger partial charge in [0, 0.05) is 5.92 Å². The smallest absolute Gasteiger partial charge is 0.306 e. The molecule has 2 N–H and O–H groups in total. The molecule has 1 rings (SSSR count). The molecule has 0 aromatic carbocycles. The first-order valence-corrected chi connectivity index (χ1v) is 11.3. The van der Waals surface area contributed by atoms with E-state index >= 15 is 0 Å². The van der Waals surface area contributed by atoms with Crippen molar-refractivity contribution in [2.75, 3.05) is 0 Å². The van der Waals surface area contributed by atoms with E-state index in [9.17, 15) is 9.90 Å². The molecule has 29 heavy (non-hydrogen) atoms. The fourth-order valence-corrected chi connectivity index (χ4v) is 3.64. The summed E-state index contributed by atoms with van der Waals surface area (Å²) in [6.45, 7) is 10.3. The highest BCUT2D eigenvalue weighted by Gasteiger charge is 2.21. The molecule has 0 saturated heterocycles. The number of carboxylic acids is 1. The van der Waals surface area contributed by atoms with Crippen molar-refractivity contribution in [1.82, 2.24) is 0 Å². The van der Waals surface area contributed by atoms with Gasteiger partial charge in [0.25, 0.3) is 0 Å². The van der Waals surface area contributed by atoms with E-state index in [2.05, 4.69) is 39.0 Å². The maximum atomic E-state index is 10.9. The van der Waals surface area contributed by atoms with Crippen LogP contribution in [0.1, 0.15) is 86.0 Å². The van der Waals surface area contributed by atoms with Gasteiger partial charge in [-0.2, -0.15) is 0 Å². The van der Waals surface area contributed by atoms with Crippen molar-refractivity contribution >= 4 is 5.97 Å². The van der Waals surface area contributed by atoms with Gasteiger partial charge in [-0.3, -0.25) is 4.79 Å². The molecule has 0 fully saturated rings. The second kappa shape index (κ2) is 12.9. The fraction of sp³-hybridized carbons (Fsp3) is 0.720. The quantitative estimate of drug-likeness (QED) is 0.324. The molecule has 1 aliphatic carbocycles. The van der Waals surface area contributed by atoms with Gasteiger partial charge < -0.3 is 14.9 Å². The predicted octanol–water partition coefficient (Wildman–Crippen LogP) is 6.47. The maximum absolute atomic E-state index is 10.9. The van der Waals surface area contributed by atoms with E-state index in [-0.39, 0.29) is 5.92 Å². The Labute approximate surface area is 177 Å². The van der Waals surface area contributed by atoms with E-state index in [1.807, 2.05) is 19.3 Å². The molecule has 0 radical (unpaired) electrons. The van der Waals surface area contributed by atoms with Crippen LogP contribution < -0.4 is 0 Å². The largest absolute Gasteiger partial charge is 0.481 e. The zero-order chi connectivity index (χ0) is 21.9. The molecule has 166 valence electrons. The molecule has 0 bridgehead atoms. The molecule has 5 unspecified atom stereocenters. The van der Waals surface area contributed by atoms with Crippen molar-refractivity contribution in [3.63, 3.8) is 0 Å². The van der Waals surface area contributed by atoms with Gasteiger partial charge in [-0.05, 0) is 69.4 Å². The van der Waals surface area contributed by atoms with Crippen LogP contribution in [-0.2, 0) is 9.53 Å². The summed E-state index contributed by atoms with van der Waals surface area (Å²) in [5.41, 5.74) is -0.693. The number of aliphatic carboxylic acids is 1. The molecule has 1 aliphatic rings. The summed E-state index contributed by atoms with van der Waals surface area (Å²) in [5.74, 6) is 1.49. The summed E-state index contributed by atoms with van der Waals surface area (Å²) >= 11 is 0. The van der Waals surface area contributed by atoms with E-state index < -0.39 is 11.6 Å². The van der Waals surface area contributed by atoms with Gasteiger partial charge in [0.2, 0.25) is 0 Å². The zero-order valence-electron chi connectivity index (χ0n) is 19.1. The van der Waals surface area contributed by atoms with Crippen LogP contribution in [0.2, 0.25) is 0 Å². The van der Waals surface area contributed by atoms with Crippen LogP contribution in [0.25, 0.3) is 0 Å². The van der Waals surface area contributed by atoms with Crippen LogP contribution in [0.3, 0.4) is 0 Å². The SMILES string of the molecule is CC(CCC=COC1=CC=CC(C)C1C)CCCC(C)(O)CCCC(C)C(=O)O. The van der Waals surface area contributed by atoms with Gasteiger partial charge in [-0.15, -0.1) is 0 Å². The number of hydrogen-bond donors (Lipinski definition) is 2.